The number of rotatable bonds is 3. The summed E-state index contributed by atoms with van der Waals surface area (Å²) in [4.78, 5) is 0.752. The molecule has 0 radical (unpaired) electrons. The lowest BCUT2D eigenvalue weighted by atomic mass is 9.80. The number of hydrogen-bond donors (Lipinski definition) is 0. The van der Waals surface area contributed by atoms with Crippen LogP contribution in [0.4, 0.5) is 0 Å². The third kappa shape index (κ3) is 2.29. The molecule has 0 heterocycles. The van der Waals surface area contributed by atoms with Crippen LogP contribution in [0, 0.1) is 11.3 Å². The summed E-state index contributed by atoms with van der Waals surface area (Å²) in [7, 11) is 0. The largest absolute Gasteiger partial charge is 0.0888 e. The van der Waals surface area contributed by atoms with Gasteiger partial charge in [-0.05, 0) is 30.6 Å². The van der Waals surface area contributed by atoms with Crippen molar-refractivity contribution in [1.29, 1.82) is 0 Å². The van der Waals surface area contributed by atoms with E-state index < -0.39 is 0 Å². The summed E-state index contributed by atoms with van der Waals surface area (Å²) in [5.41, 5.74) is 0.724. The van der Waals surface area contributed by atoms with Crippen LogP contribution < -0.4 is 0 Å². The molecular weight excluding hydrogens is 224 g/mol. The fourth-order valence-electron chi connectivity index (χ4n) is 2.89. The Hall–Kier alpha value is 0.480. The first kappa shape index (κ1) is 10.0. The van der Waals surface area contributed by atoms with Crippen molar-refractivity contribution in [1.82, 2.24) is 0 Å². The summed E-state index contributed by atoms with van der Waals surface area (Å²) in [5.74, 6) is 1.07. The highest BCUT2D eigenvalue weighted by Gasteiger charge is 2.47. The number of halogens is 1. The Labute approximate surface area is 90.6 Å². The van der Waals surface area contributed by atoms with Gasteiger partial charge in [-0.15, -0.1) is 0 Å². The first-order valence-electron chi connectivity index (χ1n) is 5.87. The first-order chi connectivity index (χ1) is 6.23. The molecule has 0 aromatic rings. The Kier molecular flexibility index (Phi) is 3.02. The van der Waals surface area contributed by atoms with Crippen LogP contribution in [-0.4, -0.2) is 4.83 Å². The molecule has 0 aliphatic heterocycles. The molecule has 0 N–H and O–H groups in total. The van der Waals surface area contributed by atoms with Crippen molar-refractivity contribution >= 4 is 15.9 Å². The molecule has 1 unspecified atom stereocenters. The van der Waals surface area contributed by atoms with Gasteiger partial charge in [0.2, 0.25) is 0 Å². The van der Waals surface area contributed by atoms with Gasteiger partial charge in [0, 0.05) is 4.83 Å². The summed E-state index contributed by atoms with van der Waals surface area (Å²) in [6, 6.07) is 0. The molecule has 0 aromatic carbocycles. The fraction of sp³-hybridized carbons (Fsp3) is 1.00. The number of alkyl halides is 1. The highest BCUT2D eigenvalue weighted by atomic mass is 79.9. The van der Waals surface area contributed by atoms with Gasteiger partial charge < -0.3 is 0 Å². The highest BCUT2D eigenvalue weighted by molar-refractivity contribution is 9.09. The monoisotopic (exact) mass is 244 g/mol. The predicted molar refractivity (Wildman–Crippen MR) is 61.2 cm³/mol. The molecule has 1 atom stereocenters. The maximum atomic E-state index is 3.79. The lowest BCUT2D eigenvalue weighted by Gasteiger charge is -2.27. The first-order valence-corrected chi connectivity index (χ1v) is 6.79. The minimum absolute atomic E-state index is 0.724. The van der Waals surface area contributed by atoms with E-state index in [2.05, 4.69) is 22.9 Å². The second-order valence-electron chi connectivity index (χ2n) is 5.19. The molecule has 13 heavy (non-hydrogen) atoms. The molecule has 2 rings (SSSR count). The average Bonchev–Trinajstić information content (AvgIpc) is 2.87. The van der Waals surface area contributed by atoms with Crippen LogP contribution >= 0.6 is 15.9 Å². The van der Waals surface area contributed by atoms with Gasteiger partial charge in [-0.3, -0.25) is 0 Å². The molecule has 0 nitrogen and oxygen atoms in total. The van der Waals surface area contributed by atoms with Crippen molar-refractivity contribution in [3.8, 4) is 0 Å². The molecule has 0 bridgehead atoms. The topological polar surface area (TPSA) is 0 Å². The summed E-state index contributed by atoms with van der Waals surface area (Å²) in [5, 5.41) is 0. The summed E-state index contributed by atoms with van der Waals surface area (Å²) >= 11 is 3.79. The van der Waals surface area contributed by atoms with E-state index in [1.54, 1.807) is 0 Å². The predicted octanol–water partition coefficient (Wildman–Crippen LogP) is 4.52. The zero-order valence-corrected chi connectivity index (χ0v) is 10.3. The molecule has 2 aliphatic rings. The van der Waals surface area contributed by atoms with E-state index in [1.165, 1.54) is 51.4 Å². The molecule has 2 aliphatic carbocycles. The average molecular weight is 245 g/mol. The van der Waals surface area contributed by atoms with Crippen LogP contribution in [0.5, 0.6) is 0 Å². The minimum atomic E-state index is 0.724. The van der Waals surface area contributed by atoms with E-state index in [1.807, 2.05) is 0 Å². The minimum Gasteiger partial charge on any atom is -0.0888 e. The van der Waals surface area contributed by atoms with Crippen molar-refractivity contribution in [3.63, 3.8) is 0 Å². The molecule has 0 spiro atoms. The van der Waals surface area contributed by atoms with Crippen LogP contribution in [0.3, 0.4) is 0 Å². The van der Waals surface area contributed by atoms with Gasteiger partial charge in [-0.1, -0.05) is 55.0 Å². The number of hydrogen-bond acceptors (Lipinski definition) is 0. The van der Waals surface area contributed by atoms with Crippen molar-refractivity contribution in [2.45, 2.75) is 63.1 Å². The lowest BCUT2D eigenvalue weighted by molar-refractivity contribution is 0.275. The highest BCUT2D eigenvalue weighted by Crippen LogP contribution is 2.57. The van der Waals surface area contributed by atoms with Gasteiger partial charge in [0.15, 0.2) is 0 Å². The normalized spacial score (nSPS) is 30.0. The molecule has 0 aromatic heterocycles. The van der Waals surface area contributed by atoms with Gasteiger partial charge in [0.05, 0.1) is 0 Å². The summed E-state index contributed by atoms with van der Waals surface area (Å²) in [6.45, 7) is 2.34. The van der Waals surface area contributed by atoms with E-state index in [0.29, 0.717) is 0 Å². The second kappa shape index (κ2) is 3.92. The zero-order chi connectivity index (χ0) is 9.31. The van der Waals surface area contributed by atoms with Gasteiger partial charge in [-0.2, -0.15) is 0 Å². The SMILES string of the molecule is CC(Br)C1(CC2CCCCC2)CC1. The molecule has 0 saturated heterocycles. The van der Waals surface area contributed by atoms with E-state index >= 15 is 0 Å². The van der Waals surface area contributed by atoms with Crippen molar-refractivity contribution in [2.24, 2.45) is 11.3 Å². The smallest absolute Gasteiger partial charge is 0.0174 e. The zero-order valence-electron chi connectivity index (χ0n) is 8.69. The fourth-order valence-corrected chi connectivity index (χ4v) is 3.54. The quantitative estimate of drug-likeness (QED) is 0.641. The molecule has 76 valence electrons. The third-order valence-electron chi connectivity index (χ3n) is 4.16. The Bertz CT molecular complexity index is 164. The Balaban J connectivity index is 1.82. The van der Waals surface area contributed by atoms with E-state index in [-0.39, 0.29) is 0 Å². The Morgan fingerprint density at radius 1 is 1.23 bits per heavy atom. The van der Waals surface area contributed by atoms with Crippen molar-refractivity contribution in [2.75, 3.05) is 0 Å². The van der Waals surface area contributed by atoms with Gasteiger partial charge >= 0.3 is 0 Å². The van der Waals surface area contributed by atoms with Crippen LogP contribution in [0.1, 0.15) is 58.3 Å². The van der Waals surface area contributed by atoms with Crippen LogP contribution in [0.25, 0.3) is 0 Å². The lowest BCUT2D eigenvalue weighted by Crippen LogP contribution is -2.18. The summed E-state index contributed by atoms with van der Waals surface area (Å²) in [6.07, 6.45) is 12.0. The van der Waals surface area contributed by atoms with Crippen molar-refractivity contribution in [3.05, 3.63) is 0 Å². The van der Waals surface area contributed by atoms with Crippen LogP contribution in [0.15, 0.2) is 0 Å². The maximum Gasteiger partial charge on any atom is 0.0174 e. The molecule has 1 heteroatoms. The molecular formula is C12H21Br. The van der Waals surface area contributed by atoms with E-state index in [9.17, 15) is 0 Å². The van der Waals surface area contributed by atoms with Gasteiger partial charge in [-0.25, -0.2) is 0 Å². The molecule has 2 fully saturated rings. The Morgan fingerprint density at radius 2 is 1.85 bits per heavy atom. The maximum absolute atomic E-state index is 3.79. The third-order valence-corrected chi connectivity index (χ3v) is 5.13. The van der Waals surface area contributed by atoms with Gasteiger partial charge in [0.25, 0.3) is 0 Å². The molecule has 2 saturated carbocycles. The Morgan fingerprint density at radius 3 is 2.31 bits per heavy atom. The van der Waals surface area contributed by atoms with Crippen molar-refractivity contribution < 1.29 is 0 Å². The molecule has 0 amide bonds. The van der Waals surface area contributed by atoms with Gasteiger partial charge in [0.1, 0.15) is 0 Å². The van der Waals surface area contributed by atoms with E-state index in [0.717, 1.165) is 16.2 Å². The van der Waals surface area contributed by atoms with Crippen LogP contribution in [0.2, 0.25) is 0 Å². The second-order valence-corrected chi connectivity index (χ2v) is 6.56. The summed E-state index contributed by atoms with van der Waals surface area (Å²) < 4.78 is 0. The van der Waals surface area contributed by atoms with E-state index in [4.69, 9.17) is 0 Å². The van der Waals surface area contributed by atoms with Crippen LogP contribution in [-0.2, 0) is 0 Å². The standard InChI is InChI=1S/C12H21Br/c1-10(13)12(7-8-12)9-11-5-3-2-4-6-11/h10-11H,2-9H2,1H3.